The largest absolute Gasteiger partial charge is 0.444 e. The lowest BCUT2D eigenvalue weighted by Gasteiger charge is -2.53. The van der Waals surface area contributed by atoms with E-state index in [1.54, 1.807) is 4.90 Å². The summed E-state index contributed by atoms with van der Waals surface area (Å²) in [6.45, 7) is 16.9. The van der Waals surface area contributed by atoms with Gasteiger partial charge in [-0.25, -0.2) is 9.59 Å². The molecule has 0 spiro atoms. The van der Waals surface area contributed by atoms with Gasteiger partial charge < -0.3 is 14.8 Å². The SMILES string of the molecule is CC(C)(C)OC(=O)N1CC[N+](CCCCl)(C2CNCCN2C(=O)OC(C)(C)C)CC1. The molecule has 2 rings (SSSR count). The highest BCUT2D eigenvalue weighted by atomic mass is 35.5. The van der Waals surface area contributed by atoms with Crippen molar-refractivity contribution in [3.05, 3.63) is 0 Å². The van der Waals surface area contributed by atoms with Gasteiger partial charge in [0.15, 0.2) is 6.17 Å². The van der Waals surface area contributed by atoms with Gasteiger partial charge in [0.05, 0.1) is 39.3 Å². The minimum Gasteiger partial charge on any atom is -0.444 e. The maximum absolute atomic E-state index is 13.0. The van der Waals surface area contributed by atoms with Gasteiger partial charge in [-0.2, -0.15) is 0 Å². The number of nitrogens with one attached hydrogen (secondary N) is 1. The van der Waals surface area contributed by atoms with Crippen molar-refractivity contribution in [3.8, 4) is 0 Å². The zero-order valence-corrected chi connectivity index (χ0v) is 20.3. The number of quaternary nitrogens is 1. The molecule has 0 aromatic rings. The van der Waals surface area contributed by atoms with Crippen molar-refractivity contribution in [2.75, 3.05) is 58.2 Å². The highest BCUT2D eigenvalue weighted by Crippen LogP contribution is 2.26. The first-order chi connectivity index (χ1) is 13.9. The molecule has 174 valence electrons. The minimum absolute atomic E-state index is 0.0439. The Morgan fingerprint density at radius 1 is 1.00 bits per heavy atom. The molecule has 0 aromatic carbocycles. The zero-order valence-electron chi connectivity index (χ0n) is 19.5. The van der Waals surface area contributed by atoms with E-state index in [0.717, 1.165) is 37.1 Å². The third-order valence-electron chi connectivity index (χ3n) is 5.50. The third kappa shape index (κ3) is 6.89. The van der Waals surface area contributed by atoms with Crippen molar-refractivity contribution < 1.29 is 23.5 Å². The van der Waals surface area contributed by atoms with Crippen LogP contribution < -0.4 is 5.32 Å². The smallest absolute Gasteiger partial charge is 0.414 e. The second-order valence-electron chi connectivity index (χ2n) is 10.3. The van der Waals surface area contributed by atoms with Gasteiger partial charge in [0, 0.05) is 25.4 Å². The lowest BCUT2D eigenvalue weighted by Crippen LogP contribution is -2.74. The number of hydrogen-bond donors (Lipinski definition) is 1. The van der Waals surface area contributed by atoms with Gasteiger partial charge in [-0.15, -0.1) is 11.6 Å². The quantitative estimate of drug-likeness (QED) is 0.530. The molecule has 0 bridgehead atoms. The summed E-state index contributed by atoms with van der Waals surface area (Å²) < 4.78 is 12.0. The van der Waals surface area contributed by atoms with Crippen LogP contribution in [0.25, 0.3) is 0 Å². The summed E-state index contributed by atoms with van der Waals surface area (Å²) in [5, 5.41) is 3.44. The van der Waals surface area contributed by atoms with Crippen LogP contribution in [0.15, 0.2) is 0 Å². The molecule has 1 atom stereocenters. The standard InChI is InChI=1S/C21H40ClN4O4/c1-20(2,3)29-18(27)24-11-14-26(15-12-24,13-7-8-22)17-16-23-9-10-25(17)19(28)30-21(4,5)6/h17,23H,7-16H2,1-6H3/q+1. The fraction of sp³-hybridized carbons (Fsp3) is 0.905. The van der Waals surface area contributed by atoms with E-state index in [4.69, 9.17) is 21.1 Å². The van der Waals surface area contributed by atoms with Gasteiger partial charge in [-0.05, 0) is 41.5 Å². The zero-order chi connectivity index (χ0) is 22.6. The fourth-order valence-electron chi connectivity index (χ4n) is 4.13. The lowest BCUT2D eigenvalue weighted by molar-refractivity contribution is -0.963. The molecule has 2 saturated heterocycles. The van der Waals surface area contributed by atoms with Gasteiger partial charge in [0.25, 0.3) is 0 Å². The summed E-state index contributed by atoms with van der Waals surface area (Å²) in [5.41, 5.74) is -1.05. The molecule has 30 heavy (non-hydrogen) atoms. The summed E-state index contributed by atoms with van der Waals surface area (Å²) >= 11 is 6.04. The fourth-order valence-corrected chi connectivity index (χ4v) is 4.25. The predicted octanol–water partition coefficient (Wildman–Crippen LogP) is 2.85. The summed E-state index contributed by atoms with van der Waals surface area (Å²) in [5.74, 6) is 0.572. The molecule has 2 aliphatic rings. The van der Waals surface area contributed by atoms with E-state index in [9.17, 15) is 9.59 Å². The first kappa shape index (κ1) is 25.0. The molecule has 0 aromatic heterocycles. The maximum Gasteiger partial charge on any atom is 0.414 e. The van der Waals surface area contributed by atoms with Gasteiger partial charge >= 0.3 is 12.2 Å². The molecule has 0 saturated carbocycles. The van der Waals surface area contributed by atoms with E-state index in [2.05, 4.69) is 5.32 Å². The van der Waals surface area contributed by atoms with Crippen LogP contribution in [0, 0.1) is 0 Å². The normalized spacial score (nSPS) is 22.6. The van der Waals surface area contributed by atoms with Crippen LogP contribution >= 0.6 is 11.6 Å². The van der Waals surface area contributed by atoms with E-state index in [1.807, 2.05) is 46.4 Å². The number of alkyl halides is 1. The van der Waals surface area contributed by atoms with Crippen molar-refractivity contribution in [3.63, 3.8) is 0 Å². The Kier molecular flexibility index (Phi) is 8.27. The first-order valence-electron chi connectivity index (χ1n) is 11.0. The summed E-state index contributed by atoms with van der Waals surface area (Å²) in [4.78, 5) is 29.1. The molecule has 2 heterocycles. The van der Waals surface area contributed by atoms with Crippen LogP contribution in [-0.4, -0.2) is 102 Å². The molecule has 9 heteroatoms. The summed E-state index contributed by atoms with van der Waals surface area (Å²) in [7, 11) is 0. The number of halogens is 1. The van der Waals surface area contributed by atoms with Crippen LogP contribution in [0.3, 0.4) is 0 Å². The highest BCUT2D eigenvalue weighted by molar-refractivity contribution is 6.17. The first-order valence-corrected chi connectivity index (χ1v) is 11.5. The van der Waals surface area contributed by atoms with Crippen LogP contribution in [0.4, 0.5) is 9.59 Å². The molecule has 2 aliphatic heterocycles. The van der Waals surface area contributed by atoms with Gasteiger partial charge in [-0.3, -0.25) is 14.3 Å². The molecule has 0 aliphatic carbocycles. The van der Waals surface area contributed by atoms with Crippen molar-refractivity contribution >= 4 is 23.8 Å². The van der Waals surface area contributed by atoms with Crippen molar-refractivity contribution in [2.45, 2.75) is 65.3 Å². The Morgan fingerprint density at radius 3 is 2.10 bits per heavy atom. The molecule has 1 unspecified atom stereocenters. The van der Waals surface area contributed by atoms with Gasteiger partial charge in [-0.1, -0.05) is 0 Å². The van der Waals surface area contributed by atoms with Crippen LogP contribution in [-0.2, 0) is 9.47 Å². The average molecular weight is 448 g/mol. The number of ether oxygens (including phenoxy) is 2. The monoisotopic (exact) mass is 447 g/mol. The van der Waals surface area contributed by atoms with Crippen molar-refractivity contribution in [2.24, 2.45) is 0 Å². The van der Waals surface area contributed by atoms with Crippen LogP contribution in [0.1, 0.15) is 48.0 Å². The molecular weight excluding hydrogens is 408 g/mol. The second kappa shape index (κ2) is 9.92. The Balaban J connectivity index is 2.17. The van der Waals surface area contributed by atoms with Crippen LogP contribution in [0.5, 0.6) is 0 Å². The molecule has 1 N–H and O–H groups in total. The van der Waals surface area contributed by atoms with E-state index >= 15 is 0 Å². The number of rotatable bonds is 4. The maximum atomic E-state index is 13.0. The topological polar surface area (TPSA) is 71.1 Å². The second-order valence-corrected chi connectivity index (χ2v) is 10.6. The van der Waals surface area contributed by atoms with E-state index in [0.29, 0.717) is 32.1 Å². The predicted molar refractivity (Wildman–Crippen MR) is 118 cm³/mol. The number of hydrogen-bond acceptors (Lipinski definition) is 5. The van der Waals surface area contributed by atoms with Crippen LogP contribution in [0.2, 0.25) is 0 Å². The minimum atomic E-state index is -0.539. The molecule has 2 amide bonds. The Bertz CT molecular complexity index is 595. The number of carbonyl (C=O) groups is 2. The third-order valence-corrected chi connectivity index (χ3v) is 5.76. The molecular formula is C21H40ClN4O4+. The lowest BCUT2D eigenvalue weighted by atomic mass is 10.1. The Hall–Kier alpha value is -1.25. The number of carbonyl (C=O) groups excluding carboxylic acids is 2. The van der Waals surface area contributed by atoms with E-state index < -0.39 is 11.2 Å². The number of amides is 2. The van der Waals surface area contributed by atoms with Crippen molar-refractivity contribution in [1.29, 1.82) is 0 Å². The molecule has 0 radical (unpaired) electrons. The highest BCUT2D eigenvalue weighted by Gasteiger charge is 2.47. The van der Waals surface area contributed by atoms with E-state index in [1.165, 1.54) is 0 Å². The van der Waals surface area contributed by atoms with Crippen molar-refractivity contribution in [1.82, 2.24) is 15.1 Å². The number of nitrogens with zero attached hydrogens (tertiary/aromatic N) is 3. The van der Waals surface area contributed by atoms with Gasteiger partial charge in [0.2, 0.25) is 0 Å². The summed E-state index contributed by atoms with van der Waals surface area (Å²) in [6, 6.07) is 0. The Morgan fingerprint density at radius 2 is 1.57 bits per heavy atom. The average Bonchev–Trinajstić information content (AvgIpc) is 2.64. The molecule has 2 fully saturated rings. The number of piperazine rings is 2. The Labute approximate surface area is 186 Å². The van der Waals surface area contributed by atoms with Gasteiger partial charge in [0.1, 0.15) is 11.2 Å². The van der Waals surface area contributed by atoms with E-state index in [-0.39, 0.29) is 18.4 Å². The molecule has 8 nitrogen and oxygen atoms in total. The summed E-state index contributed by atoms with van der Waals surface area (Å²) in [6.07, 6.45) is 0.264.